The molecule has 9 nitrogen and oxygen atoms in total. The molecule has 1 aliphatic heterocycles. The summed E-state index contributed by atoms with van der Waals surface area (Å²) in [5.74, 6) is -6.46. The average molecular weight is 700 g/mol. The van der Waals surface area contributed by atoms with Crippen LogP contribution < -0.4 is 4.74 Å². The summed E-state index contributed by atoms with van der Waals surface area (Å²) < 4.78 is 55.9. The molecule has 6 saturated carbocycles. The Hall–Kier alpha value is -2.51. The van der Waals surface area contributed by atoms with Gasteiger partial charge < -0.3 is 23.7 Å². The summed E-state index contributed by atoms with van der Waals surface area (Å²) in [6.45, 7) is -0.288. The van der Waals surface area contributed by atoms with E-state index in [0.717, 1.165) is 9.99 Å². The maximum Gasteiger partial charge on any atom is 0.509 e. The van der Waals surface area contributed by atoms with Crippen LogP contribution in [0.25, 0.3) is 0 Å². The van der Waals surface area contributed by atoms with Crippen LogP contribution in [0.4, 0.5) is 13.6 Å². The van der Waals surface area contributed by atoms with Crippen LogP contribution in [0.2, 0.25) is 0 Å². The Morgan fingerprint density at radius 1 is 1.05 bits per heavy atom. The number of rotatable bonds is 7. The zero-order valence-electron chi connectivity index (χ0n) is 22.9. The van der Waals surface area contributed by atoms with Crippen LogP contribution in [0.3, 0.4) is 0 Å². The van der Waals surface area contributed by atoms with E-state index in [1.54, 1.807) is 24.3 Å². The molecular formula is C30H31F2IO9. The van der Waals surface area contributed by atoms with Gasteiger partial charge in [0, 0.05) is 28.8 Å². The van der Waals surface area contributed by atoms with E-state index < -0.39 is 77.6 Å². The molecule has 6 bridgehead atoms. The van der Waals surface area contributed by atoms with Crippen LogP contribution in [0.5, 0.6) is 5.75 Å². The molecule has 0 spiro atoms. The van der Waals surface area contributed by atoms with Crippen LogP contribution in [0.1, 0.15) is 51.9 Å². The van der Waals surface area contributed by atoms with Gasteiger partial charge in [0.25, 0.3) is 5.92 Å². The van der Waals surface area contributed by atoms with Gasteiger partial charge in [0.1, 0.15) is 23.6 Å². The van der Waals surface area contributed by atoms with Crippen molar-refractivity contribution in [2.45, 2.75) is 75.6 Å². The molecule has 0 amide bonds. The van der Waals surface area contributed by atoms with E-state index in [0.29, 0.717) is 44.8 Å². The summed E-state index contributed by atoms with van der Waals surface area (Å²) in [6.07, 6.45) is 1.25. The Morgan fingerprint density at radius 2 is 1.74 bits per heavy atom. The molecule has 8 unspecified atom stereocenters. The summed E-state index contributed by atoms with van der Waals surface area (Å²) in [4.78, 5) is 52.4. The average Bonchev–Trinajstić information content (AvgIpc) is 3.51. The normalized spacial score (nSPS) is 40.5. The fraction of sp³-hybridized carbons (Fsp3) is 0.667. The van der Waals surface area contributed by atoms with Gasteiger partial charge in [-0.25, -0.2) is 13.6 Å². The number of hydrogen-bond donors (Lipinski definition) is 0. The van der Waals surface area contributed by atoms with E-state index in [-0.39, 0.29) is 24.2 Å². The fourth-order valence-corrected chi connectivity index (χ4v) is 9.71. The van der Waals surface area contributed by atoms with Crippen molar-refractivity contribution in [3.63, 3.8) is 0 Å². The minimum atomic E-state index is -3.14. The van der Waals surface area contributed by atoms with Crippen molar-refractivity contribution in [2.24, 2.45) is 40.9 Å². The van der Waals surface area contributed by atoms with Crippen molar-refractivity contribution in [3.05, 3.63) is 27.8 Å². The van der Waals surface area contributed by atoms with Crippen LogP contribution >= 0.6 is 22.6 Å². The molecular weight excluding hydrogens is 669 g/mol. The molecule has 7 aliphatic rings. The minimum absolute atomic E-state index is 0.105. The molecule has 1 saturated heterocycles. The number of esters is 3. The van der Waals surface area contributed by atoms with Crippen molar-refractivity contribution in [3.8, 4) is 5.75 Å². The second-order valence-electron chi connectivity index (χ2n) is 13.4. The third-order valence-corrected chi connectivity index (χ3v) is 11.0. The largest absolute Gasteiger partial charge is 0.509 e. The number of hydrogen-bond acceptors (Lipinski definition) is 9. The van der Waals surface area contributed by atoms with Gasteiger partial charge >= 0.3 is 24.1 Å². The van der Waals surface area contributed by atoms with Gasteiger partial charge in [0.2, 0.25) is 0 Å². The zero-order valence-corrected chi connectivity index (χ0v) is 25.1. The second-order valence-corrected chi connectivity index (χ2v) is 14.6. The van der Waals surface area contributed by atoms with Gasteiger partial charge in [0.15, 0.2) is 6.61 Å². The number of carbonyl (C=O) groups excluding carboxylic acids is 4. The van der Waals surface area contributed by atoms with Gasteiger partial charge in [-0.1, -0.05) is 0 Å². The molecule has 0 radical (unpaired) electrons. The highest BCUT2D eigenvalue weighted by molar-refractivity contribution is 14.1. The van der Waals surface area contributed by atoms with Gasteiger partial charge in [-0.3, -0.25) is 14.4 Å². The fourth-order valence-electron chi connectivity index (χ4n) is 9.35. The molecule has 0 aromatic heterocycles. The van der Waals surface area contributed by atoms with E-state index >= 15 is 0 Å². The molecule has 8 atom stereocenters. The summed E-state index contributed by atoms with van der Waals surface area (Å²) >= 11 is 2.14. The molecule has 0 N–H and O–H groups in total. The lowest BCUT2D eigenvalue weighted by Crippen LogP contribution is -2.60. The van der Waals surface area contributed by atoms with Gasteiger partial charge in [-0.05, 0) is 97.2 Å². The monoisotopic (exact) mass is 700 g/mol. The molecule has 7 fully saturated rings. The lowest BCUT2D eigenvalue weighted by atomic mass is 9.48. The Balaban J connectivity index is 1.05. The predicted molar refractivity (Wildman–Crippen MR) is 146 cm³/mol. The van der Waals surface area contributed by atoms with E-state index in [9.17, 15) is 28.0 Å². The SMILES string of the molecule is CC(F)(F)COC(=O)C12CC3CC(CC(OC(=O)OC4C5CC6C4OC(=O)C6C5C(=O)Oc4ccc(I)cc4)(C3)C1)C2. The number of carbonyl (C=O) groups is 4. The predicted octanol–water partition coefficient (Wildman–Crippen LogP) is 5.06. The van der Waals surface area contributed by atoms with E-state index in [1.165, 1.54) is 0 Å². The maximum absolute atomic E-state index is 13.4. The molecule has 6 aliphatic carbocycles. The number of halogens is 3. The quantitative estimate of drug-likeness (QED) is 0.167. The van der Waals surface area contributed by atoms with Crippen molar-refractivity contribution < 1.29 is 51.6 Å². The Labute approximate surface area is 254 Å². The first-order valence-electron chi connectivity index (χ1n) is 14.5. The first-order valence-corrected chi connectivity index (χ1v) is 15.5. The summed E-state index contributed by atoms with van der Waals surface area (Å²) in [7, 11) is 0. The molecule has 226 valence electrons. The maximum atomic E-state index is 13.4. The van der Waals surface area contributed by atoms with Gasteiger partial charge in [-0.2, -0.15) is 0 Å². The summed E-state index contributed by atoms with van der Waals surface area (Å²) in [5, 5.41) is 0. The molecule has 42 heavy (non-hydrogen) atoms. The molecule has 12 heteroatoms. The van der Waals surface area contributed by atoms with Gasteiger partial charge in [0.05, 0.1) is 17.3 Å². The van der Waals surface area contributed by atoms with Crippen LogP contribution in [-0.4, -0.2) is 54.4 Å². The van der Waals surface area contributed by atoms with E-state index in [1.807, 2.05) is 0 Å². The third-order valence-electron chi connectivity index (χ3n) is 10.3. The lowest BCUT2D eigenvalue weighted by molar-refractivity contribution is -0.207. The third kappa shape index (κ3) is 4.75. The number of ether oxygens (including phenoxy) is 5. The minimum Gasteiger partial charge on any atom is -0.459 e. The summed E-state index contributed by atoms with van der Waals surface area (Å²) in [5.41, 5.74) is -1.94. The smallest absolute Gasteiger partial charge is 0.459 e. The van der Waals surface area contributed by atoms with Crippen molar-refractivity contribution in [1.82, 2.24) is 0 Å². The first kappa shape index (κ1) is 28.3. The van der Waals surface area contributed by atoms with Crippen molar-refractivity contribution in [1.29, 1.82) is 0 Å². The molecule has 1 heterocycles. The highest BCUT2D eigenvalue weighted by Crippen LogP contribution is 2.64. The van der Waals surface area contributed by atoms with E-state index in [4.69, 9.17) is 23.7 Å². The highest BCUT2D eigenvalue weighted by Gasteiger charge is 2.71. The van der Waals surface area contributed by atoms with Crippen LogP contribution in [0, 0.1) is 44.5 Å². The van der Waals surface area contributed by atoms with Crippen LogP contribution in [0.15, 0.2) is 24.3 Å². The van der Waals surface area contributed by atoms with Crippen molar-refractivity contribution in [2.75, 3.05) is 6.61 Å². The van der Waals surface area contributed by atoms with Gasteiger partial charge in [-0.15, -0.1) is 0 Å². The number of benzene rings is 1. The Kier molecular flexibility index (Phi) is 6.56. The number of alkyl halides is 2. The standard InChI is InChI=1S/C30H31F2IO9/c1-28(31,32)13-38-26(36)29-8-14-6-15(9-29)11-30(10-14,12-29)42-27(37)41-23-19-7-18-21(25(35)40-22(18)23)20(19)24(34)39-17-4-2-16(33)3-5-17/h2-5,14-15,18-23H,6-13H2,1H3. The second kappa shape index (κ2) is 9.75. The molecule has 1 aromatic carbocycles. The topological polar surface area (TPSA) is 114 Å². The lowest BCUT2D eigenvalue weighted by Gasteiger charge is -2.59. The summed E-state index contributed by atoms with van der Waals surface area (Å²) in [6, 6.07) is 6.96. The number of fused-ring (bicyclic) bond motifs is 1. The Bertz CT molecular complexity index is 1310. The molecule has 8 rings (SSSR count). The van der Waals surface area contributed by atoms with Crippen molar-refractivity contribution >= 4 is 46.7 Å². The van der Waals surface area contributed by atoms with E-state index in [2.05, 4.69) is 22.6 Å². The van der Waals surface area contributed by atoms with Crippen LogP contribution in [-0.2, 0) is 33.3 Å². The zero-order chi connectivity index (χ0) is 29.6. The molecule has 1 aromatic rings. The highest BCUT2D eigenvalue weighted by atomic mass is 127. The Morgan fingerprint density at radius 3 is 2.40 bits per heavy atom. The first-order chi connectivity index (χ1) is 19.8.